The number of hydrogen-bond acceptors (Lipinski definition) is 2. The third-order valence-electron chi connectivity index (χ3n) is 2.75. The molecule has 14 heavy (non-hydrogen) atoms. The SMILES string of the molecule is CCCCCC(N)CCC(N)CCC. The van der Waals surface area contributed by atoms with E-state index >= 15 is 0 Å². The van der Waals surface area contributed by atoms with Crippen LogP contribution in [-0.4, -0.2) is 12.1 Å². The number of unbranched alkanes of at least 4 members (excludes halogenated alkanes) is 2. The normalized spacial score (nSPS) is 15.4. The van der Waals surface area contributed by atoms with Gasteiger partial charge in [-0.2, -0.15) is 0 Å². The Morgan fingerprint density at radius 1 is 0.714 bits per heavy atom. The van der Waals surface area contributed by atoms with Crippen LogP contribution in [0.1, 0.15) is 65.2 Å². The van der Waals surface area contributed by atoms with Crippen LogP contribution in [0.3, 0.4) is 0 Å². The van der Waals surface area contributed by atoms with Crippen molar-refractivity contribution in [1.29, 1.82) is 0 Å². The molecule has 0 fully saturated rings. The van der Waals surface area contributed by atoms with E-state index in [4.69, 9.17) is 11.5 Å². The van der Waals surface area contributed by atoms with Gasteiger partial charge in [0.2, 0.25) is 0 Å². The highest BCUT2D eigenvalue weighted by Crippen LogP contribution is 2.09. The largest absolute Gasteiger partial charge is 0.328 e. The van der Waals surface area contributed by atoms with E-state index in [1.807, 2.05) is 0 Å². The van der Waals surface area contributed by atoms with E-state index in [1.165, 1.54) is 32.1 Å². The summed E-state index contributed by atoms with van der Waals surface area (Å²) in [5.74, 6) is 0. The molecule has 0 saturated carbocycles. The minimum atomic E-state index is 0.372. The molecule has 0 amide bonds. The van der Waals surface area contributed by atoms with Crippen molar-refractivity contribution < 1.29 is 0 Å². The summed E-state index contributed by atoms with van der Waals surface area (Å²) >= 11 is 0. The average Bonchev–Trinajstić information content (AvgIpc) is 2.16. The molecular weight excluding hydrogens is 172 g/mol. The number of nitrogens with two attached hydrogens (primary N) is 2. The summed E-state index contributed by atoms with van der Waals surface area (Å²) in [6.07, 6.45) is 9.57. The predicted octanol–water partition coefficient (Wildman–Crippen LogP) is 2.80. The maximum absolute atomic E-state index is 6.00. The zero-order chi connectivity index (χ0) is 10.8. The Balaban J connectivity index is 3.29. The lowest BCUT2D eigenvalue weighted by molar-refractivity contribution is 0.464. The van der Waals surface area contributed by atoms with Crippen molar-refractivity contribution in [2.75, 3.05) is 0 Å². The highest BCUT2D eigenvalue weighted by Gasteiger charge is 2.06. The smallest absolute Gasteiger partial charge is 0.00394 e. The maximum atomic E-state index is 6.00. The first-order chi connectivity index (χ1) is 6.70. The van der Waals surface area contributed by atoms with Gasteiger partial charge in [-0.15, -0.1) is 0 Å². The third kappa shape index (κ3) is 8.52. The second-order valence-corrected chi connectivity index (χ2v) is 4.38. The molecule has 2 nitrogen and oxygen atoms in total. The van der Waals surface area contributed by atoms with E-state index in [0.717, 1.165) is 19.3 Å². The van der Waals surface area contributed by atoms with Gasteiger partial charge in [0, 0.05) is 12.1 Å². The fraction of sp³-hybridized carbons (Fsp3) is 1.00. The Hall–Kier alpha value is -0.0800. The van der Waals surface area contributed by atoms with Crippen molar-refractivity contribution >= 4 is 0 Å². The zero-order valence-electron chi connectivity index (χ0n) is 9.97. The average molecular weight is 200 g/mol. The van der Waals surface area contributed by atoms with Crippen molar-refractivity contribution in [2.24, 2.45) is 11.5 Å². The molecule has 0 aromatic heterocycles. The molecule has 0 spiro atoms. The minimum Gasteiger partial charge on any atom is -0.328 e. The van der Waals surface area contributed by atoms with E-state index in [1.54, 1.807) is 0 Å². The molecule has 0 aromatic rings. The highest BCUT2D eigenvalue weighted by atomic mass is 14.7. The summed E-state index contributed by atoms with van der Waals surface area (Å²) in [6, 6.07) is 0.752. The molecule has 0 aromatic carbocycles. The topological polar surface area (TPSA) is 52.0 Å². The molecule has 0 aliphatic heterocycles. The second kappa shape index (κ2) is 9.47. The predicted molar refractivity (Wildman–Crippen MR) is 64.2 cm³/mol. The lowest BCUT2D eigenvalue weighted by Crippen LogP contribution is -2.26. The first-order valence-electron chi connectivity index (χ1n) is 6.21. The van der Waals surface area contributed by atoms with Gasteiger partial charge in [-0.1, -0.05) is 39.5 Å². The van der Waals surface area contributed by atoms with Gasteiger partial charge in [-0.05, 0) is 25.7 Å². The summed E-state index contributed by atoms with van der Waals surface area (Å²) in [5.41, 5.74) is 11.9. The van der Waals surface area contributed by atoms with Gasteiger partial charge in [0.05, 0.1) is 0 Å². The van der Waals surface area contributed by atoms with E-state index in [9.17, 15) is 0 Å². The fourth-order valence-corrected chi connectivity index (χ4v) is 1.74. The molecule has 0 rings (SSSR count). The van der Waals surface area contributed by atoms with E-state index in [0.29, 0.717) is 12.1 Å². The van der Waals surface area contributed by atoms with Crippen LogP contribution in [-0.2, 0) is 0 Å². The Morgan fingerprint density at radius 3 is 1.79 bits per heavy atom. The Morgan fingerprint density at radius 2 is 1.29 bits per heavy atom. The first kappa shape index (κ1) is 13.9. The third-order valence-corrected chi connectivity index (χ3v) is 2.75. The monoisotopic (exact) mass is 200 g/mol. The number of hydrogen-bond donors (Lipinski definition) is 2. The zero-order valence-corrected chi connectivity index (χ0v) is 9.97. The molecule has 0 radical (unpaired) electrons. The van der Waals surface area contributed by atoms with E-state index in [2.05, 4.69) is 13.8 Å². The van der Waals surface area contributed by atoms with Crippen LogP contribution in [0.5, 0.6) is 0 Å². The van der Waals surface area contributed by atoms with Crippen molar-refractivity contribution in [3.63, 3.8) is 0 Å². The molecule has 0 aliphatic carbocycles. The van der Waals surface area contributed by atoms with Gasteiger partial charge in [-0.3, -0.25) is 0 Å². The molecule has 2 unspecified atom stereocenters. The molecule has 0 heterocycles. The second-order valence-electron chi connectivity index (χ2n) is 4.38. The maximum Gasteiger partial charge on any atom is 0.00394 e. The highest BCUT2D eigenvalue weighted by molar-refractivity contribution is 4.67. The van der Waals surface area contributed by atoms with Gasteiger partial charge >= 0.3 is 0 Å². The first-order valence-corrected chi connectivity index (χ1v) is 6.21. The van der Waals surface area contributed by atoms with Gasteiger partial charge < -0.3 is 11.5 Å². The van der Waals surface area contributed by atoms with Crippen LogP contribution < -0.4 is 11.5 Å². The van der Waals surface area contributed by atoms with Gasteiger partial charge in [0.15, 0.2) is 0 Å². The standard InChI is InChI=1S/C12H28N2/c1-3-5-6-8-12(14)10-9-11(13)7-4-2/h11-12H,3-10,13-14H2,1-2H3. The van der Waals surface area contributed by atoms with E-state index < -0.39 is 0 Å². The summed E-state index contributed by atoms with van der Waals surface area (Å²) < 4.78 is 0. The van der Waals surface area contributed by atoms with E-state index in [-0.39, 0.29) is 0 Å². The van der Waals surface area contributed by atoms with Crippen LogP contribution >= 0.6 is 0 Å². The molecule has 0 aliphatic rings. The van der Waals surface area contributed by atoms with Crippen molar-refractivity contribution in [3.05, 3.63) is 0 Å². The number of rotatable bonds is 9. The lowest BCUT2D eigenvalue weighted by atomic mass is 10.00. The van der Waals surface area contributed by atoms with Crippen LogP contribution in [0.2, 0.25) is 0 Å². The van der Waals surface area contributed by atoms with Crippen LogP contribution in [0.4, 0.5) is 0 Å². The summed E-state index contributed by atoms with van der Waals surface area (Å²) in [7, 11) is 0. The van der Waals surface area contributed by atoms with Gasteiger partial charge in [0.25, 0.3) is 0 Å². The summed E-state index contributed by atoms with van der Waals surface area (Å²) in [4.78, 5) is 0. The van der Waals surface area contributed by atoms with Crippen LogP contribution in [0, 0.1) is 0 Å². The summed E-state index contributed by atoms with van der Waals surface area (Å²) in [5, 5.41) is 0. The molecule has 0 saturated heterocycles. The Labute approximate surface area is 89.4 Å². The molecule has 0 bridgehead atoms. The molecular formula is C12H28N2. The van der Waals surface area contributed by atoms with Crippen molar-refractivity contribution in [3.8, 4) is 0 Å². The van der Waals surface area contributed by atoms with Gasteiger partial charge in [-0.25, -0.2) is 0 Å². The lowest BCUT2D eigenvalue weighted by Gasteiger charge is -2.14. The minimum absolute atomic E-state index is 0.372. The van der Waals surface area contributed by atoms with Crippen molar-refractivity contribution in [1.82, 2.24) is 0 Å². The molecule has 2 atom stereocenters. The fourth-order valence-electron chi connectivity index (χ4n) is 1.74. The molecule has 86 valence electrons. The summed E-state index contributed by atoms with van der Waals surface area (Å²) in [6.45, 7) is 4.41. The Bertz CT molecular complexity index is 115. The van der Waals surface area contributed by atoms with Gasteiger partial charge in [0.1, 0.15) is 0 Å². The van der Waals surface area contributed by atoms with Crippen molar-refractivity contribution in [2.45, 2.75) is 77.3 Å². The molecule has 4 N–H and O–H groups in total. The molecule has 2 heteroatoms. The van der Waals surface area contributed by atoms with Crippen LogP contribution in [0.25, 0.3) is 0 Å². The Kier molecular flexibility index (Phi) is 9.42. The quantitative estimate of drug-likeness (QED) is 0.562. The van der Waals surface area contributed by atoms with Crippen LogP contribution in [0.15, 0.2) is 0 Å².